The zero-order valence-corrected chi connectivity index (χ0v) is 20.5. The third-order valence-corrected chi connectivity index (χ3v) is 5.65. The predicted molar refractivity (Wildman–Crippen MR) is 131 cm³/mol. The van der Waals surface area contributed by atoms with Gasteiger partial charge in [0.15, 0.2) is 5.96 Å². The fraction of sp³-hybridized carbons (Fsp3) is 0.545. The lowest BCUT2D eigenvalue weighted by molar-refractivity contribution is 0.221. The quantitative estimate of drug-likeness (QED) is 0.355. The molecule has 6 nitrogen and oxygen atoms in total. The Balaban J connectivity index is 0.00000300. The molecule has 1 saturated heterocycles. The maximum Gasteiger partial charge on any atom is 0.191 e. The van der Waals surface area contributed by atoms with Crippen LogP contribution in [0.1, 0.15) is 47.3 Å². The Kier molecular flexibility index (Phi) is 9.42. The van der Waals surface area contributed by atoms with Crippen LogP contribution in [0.5, 0.6) is 0 Å². The van der Waals surface area contributed by atoms with Crippen LogP contribution in [0.3, 0.4) is 0 Å². The summed E-state index contributed by atoms with van der Waals surface area (Å²) in [4.78, 5) is 6.90. The van der Waals surface area contributed by atoms with E-state index in [1.165, 1.54) is 54.7 Å². The summed E-state index contributed by atoms with van der Waals surface area (Å²) in [6.07, 6.45) is 4.06. The molecule has 7 heteroatoms. The summed E-state index contributed by atoms with van der Waals surface area (Å²) in [7, 11) is 3.79. The summed E-state index contributed by atoms with van der Waals surface area (Å²) in [5.41, 5.74) is 6.14. The number of rotatable bonds is 6. The molecule has 1 aliphatic heterocycles. The van der Waals surface area contributed by atoms with Crippen molar-refractivity contribution in [3.05, 3.63) is 52.3 Å². The summed E-state index contributed by atoms with van der Waals surface area (Å²) in [5, 5.41) is 11.3. The van der Waals surface area contributed by atoms with Crippen LogP contribution in [0.4, 0.5) is 0 Å². The highest BCUT2D eigenvalue weighted by atomic mass is 127. The molecule has 1 aromatic carbocycles. The van der Waals surface area contributed by atoms with Gasteiger partial charge < -0.3 is 10.6 Å². The van der Waals surface area contributed by atoms with Gasteiger partial charge in [0.1, 0.15) is 0 Å². The molecule has 0 unspecified atom stereocenters. The fourth-order valence-corrected chi connectivity index (χ4v) is 3.79. The van der Waals surface area contributed by atoms with Gasteiger partial charge in [0, 0.05) is 45.0 Å². The molecule has 0 atom stereocenters. The van der Waals surface area contributed by atoms with Gasteiger partial charge >= 0.3 is 0 Å². The van der Waals surface area contributed by atoms with Crippen LogP contribution in [0, 0.1) is 13.8 Å². The Morgan fingerprint density at radius 2 is 1.62 bits per heavy atom. The van der Waals surface area contributed by atoms with Gasteiger partial charge in [-0.3, -0.25) is 14.6 Å². The molecule has 3 rings (SSSR count). The lowest BCUT2D eigenvalue weighted by atomic mass is 10.1. The van der Waals surface area contributed by atoms with Crippen molar-refractivity contribution in [2.24, 2.45) is 12.0 Å². The minimum Gasteiger partial charge on any atom is -0.352 e. The molecule has 2 aromatic rings. The molecule has 0 amide bonds. The van der Waals surface area contributed by atoms with E-state index < -0.39 is 0 Å². The van der Waals surface area contributed by atoms with Crippen molar-refractivity contribution in [3.8, 4) is 0 Å². The molecule has 0 radical (unpaired) electrons. The first-order valence-corrected chi connectivity index (χ1v) is 10.3. The molecule has 0 spiro atoms. The highest BCUT2D eigenvalue weighted by molar-refractivity contribution is 14.0. The molecule has 160 valence electrons. The number of guanidine groups is 1. The maximum absolute atomic E-state index is 4.47. The SMILES string of the molecule is CN=C(NCc1ccc(CN2CCCCC2)cc1)NCc1c(C)nn(C)c1C.I. The number of nitrogens with one attached hydrogen (secondary N) is 2. The monoisotopic (exact) mass is 510 g/mol. The van der Waals surface area contributed by atoms with Crippen LogP contribution in [-0.4, -0.2) is 40.8 Å². The van der Waals surface area contributed by atoms with Crippen molar-refractivity contribution in [3.63, 3.8) is 0 Å². The number of aliphatic imine (C=N–C) groups is 1. The third kappa shape index (κ3) is 6.70. The van der Waals surface area contributed by atoms with E-state index in [1.807, 2.05) is 18.7 Å². The fourth-order valence-electron chi connectivity index (χ4n) is 3.79. The number of likely N-dealkylation sites (tertiary alicyclic amines) is 1. The molecule has 2 heterocycles. The Hall–Kier alpha value is -1.61. The van der Waals surface area contributed by atoms with E-state index in [1.54, 1.807) is 7.05 Å². The largest absolute Gasteiger partial charge is 0.352 e. The van der Waals surface area contributed by atoms with E-state index in [-0.39, 0.29) is 24.0 Å². The first kappa shape index (κ1) is 23.7. The minimum atomic E-state index is 0. The average molecular weight is 510 g/mol. The zero-order chi connectivity index (χ0) is 19.9. The van der Waals surface area contributed by atoms with Crippen molar-refractivity contribution in [1.29, 1.82) is 0 Å². The van der Waals surface area contributed by atoms with Crippen LogP contribution in [0.25, 0.3) is 0 Å². The molecule has 2 N–H and O–H groups in total. The summed E-state index contributed by atoms with van der Waals surface area (Å²) in [5.74, 6) is 0.806. The highest BCUT2D eigenvalue weighted by Gasteiger charge is 2.11. The lowest BCUT2D eigenvalue weighted by Gasteiger charge is -2.26. The molecule has 1 aromatic heterocycles. The second kappa shape index (κ2) is 11.5. The van der Waals surface area contributed by atoms with Crippen LogP contribution in [-0.2, 0) is 26.7 Å². The number of hydrogen-bond acceptors (Lipinski definition) is 3. The Morgan fingerprint density at radius 3 is 2.21 bits per heavy atom. The van der Waals surface area contributed by atoms with Gasteiger partial charge in [0.05, 0.1) is 5.69 Å². The highest BCUT2D eigenvalue weighted by Crippen LogP contribution is 2.14. The van der Waals surface area contributed by atoms with Crippen LogP contribution < -0.4 is 10.6 Å². The van der Waals surface area contributed by atoms with Gasteiger partial charge in [-0.2, -0.15) is 5.10 Å². The number of piperidine rings is 1. The molecule has 0 saturated carbocycles. The third-order valence-electron chi connectivity index (χ3n) is 5.65. The van der Waals surface area contributed by atoms with Crippen LogP contribution in [0.2, 0.25) is 0 Å². The van der Waals surface area contributed by atoms with Gasteiger partial charge in [-0.1, -0.05) is 30.7 Å². The molecule has 1 aliphatic rings. The normalized spacial score (nSPS) is 15.1. The predicted octanol–water partition coefficient (Wildman–Crippen LogP) is 3.51. The minimum absolute atomic E-state index is 0. The molecular formula is C22H35IN6. The second-order valence-electron chi connectivity index (χ2n) is 7.71. The van der Waals surface area contributed by atoms with Crippen molar-refractivity contribution in [1.82, 2.24) is 25.3 Å². The van der Waals surface area contributed by atoms with E-state index in [4.69, 9.17) is 0 Å². The number of halogens is 1. The maximum atomic E-state index is 4.47. The zero-order valence-electron chi connectivity index (χ0n) is 18.2. The van der Waals surface area contributed by atoms with Gasteiger partial charge in [-0.25, -0.2) is 0 Å². The smallest absolute Gasteiger partial charge is 0.191 e. The van der Waals surface area contributed by atoms with Gasteiger partial charge in [-0.05, 0) is 50.9 Å². The first-order chi connectivity index (χ1) is 13.6. The number of benzene rings is 1. The molecule has 0 bridgehead atoms. The van der Waals surface area contributed by atoms with Gasteiger partial charge in [-0.15, -0.1) is 24.0 Å². The lowest BCUT2D eigenvalue weighted by Crippen LogP contribution is -2.36. The summed E-state index contributed by atoms with van der Waals surface area (Å²) in [6, 6.07) is 8.94. The van der Waals surface area contributed by atoms with Crippen LogP contribution in [0.15, 0.2) is 29.3 Å². The standard InChI is InChI=1S/C22H34N6.HI/c1-17-21(18(2)27(4)26-17)15-25-22(23-3)24-14-19-8-10-20(11-9-19)16-28-12-6-5-7-13-28;/h8-11H,5-7,12-16H2,1-4H3,(H2,23,24,25);1H. The van der Waals surface area contributed by atoms with Crippen molar-refractivity contribution < 1.29 is 0 Å². The summed E-state index contributed by atoms with van der Waals surface area (Å²) in [6.45, 7) is 9.17. The Bertz CT molecular complexity index is 790. The Labute approximate surface area is 192 Å². The Morgan fingerprint density at radius 1 is 1.00 bits per heavy atom. The van der Waals surface area contributed by atoms with Crippen molar-refractivity contribution >= 4 is 29.9 Å². The van der Waals surface area contributed by atoms with Crippen LogP contribution >= 0.6 is 24.0 Å². The van der Waals surface area contributed by atoms with Gasteiger partial charge in [0.2, 0.25) is 0 Å². The van der Waals surface area contributed by atoms with E-state index in [2.05, 4.69) is 56.8 Å². The topological polar surface area (TPSA) is 57.5 Å². The molecular weight excluding hydrogens is 475 g/mol. The van der Waals surface area contributed by atoms with Gasteiger partial charge in [0.25, 0.3) is 0 Å². The first-order valence-electron chi connectivity index (χ1n) is 10.3. The average Bonchev–Trinajstić information content (AvgIpc) is 2.95. The van der Waals surface area contributed by atoms with E-state index >= 15 is 0 Å². The van der Waals surface area contributed by atoms with Crippen molar-refractivity contribution in [2.45, 2.75) is 52.7 Å². The summed E-state index contributed by atoms with van der Waals surface area (Å²) >= 11 is 0. The molecule has 0 aliphatic carbocycles. The number of aryl methyl sites for hydroxylation is 2. The van der Waals surface area contributed by atoms with E-state index in [9.17, 15) is 0 Å². The van der Waals surface area contributed by atoms with E-state index in [0.717, 1.165) is 31.3 Å². The second-order valence-corrected chi connectivity index (χ2v) is 7.71. The number of hydrogen-bond donors (Lipinski definition) is 2. The van der Waals surface area contributed by atoms with E-state index in [0.29, 0.717) is 0 Å². The van der Waals surface area contributed by atoms with Crippen molar-refractivity contribution in [2.75, 3.05) is 20.1 Å². The number of aromatic nitrogens is 2. The number of nitrogens with zero attached hydrogens (tertiary/aromatic N) is 4. The molecule has 1 fully saturated rings. The summed E-state index contributed by atoms with van der Waals surface area (Å²) < 4.78 is 1.92. The molecule has 29 heavy (non-hydrogen) atoms.